The van der Waals surface area contributed by atoms with Crippen LogP contribution in [0.1, 0.15) is 23.7 Å². The topological polar surface area (TPSA) is 79.0 Å². The number of carbonyl (C=O) groups is 1. The van der Waals surface area contributed by atoms with Gasteiger partial charge in [-0.3, -0.25) is 4.79 Å². The van der Waals surface area contributed by atoms with Gasteiger partial charge < -0.3 is 15.0 Å². The van der Waals surface area contributed by atoms with Crippen LogP contribution < -0.4 is 10.1 Å². The third-order valence-electron chi connectivity index (χ3n) is 4.21. The number of nitrogens with zero attached hydrogens (tertiary/aromatic N) is 2. The molecular formula is C17H27N3O4S. The quantitative estimate of drug-likeness (QED) is 0.733. The molecule has 0 atom stereocenters. The summed E-state index contributed by atoms with van der Waals surface area (Å²) in [5, 5.41) is 3.14. The van der Waals surface area contributed by atoms with Crippen molar-refractivity contribution in [3.63, 3.8) is 0 Å². The predicted molar refractivity (Wildman–Crippen MR) is 97.4 cm³/mol. The highest BCUT2D eigenvalue weighted by molar-refractivity contribution is 7.89. The van der Waals surface area contributed by atoms with E-state index in [-0.39, 0.29) is 18.2 Å². The number of hydrogen-bond acceptors (Lipinski definition) is 5. The smallest absolute Gasteiger partial charge is 0.257 e. The van der Waals surface area contributed by atoms with E-state index in [1.807, 2.05) is 6.92 Å². The van der Waals surface area contributed by atoms with Crippen molar-refractivity contribution in [3.05, 3.63) is 29.8 Å². The lowest BCUT2D eigenvalue weighted by molar-refractivity contribution is 0.0762. The van der Waals surface area contributed by atoms with Crippen LogP contribution in [0.4, 0.5) is 0 Å². The molecule has 0 spiro atoms. The van der Waals surface area contributed by atoms with Gasteiger partial charge in [-0.1, -0.05) is 19.1 Å². The number of benzene rings is 1. The molecule has 1 aliphatic heterocycles. The van der Waals surface area contributed by atoms with Gasteiger partial charge in [-0.2, -0.15) is 4.31 Å². The molecule has 1 heterocycles. The lowest BCUT2D eigenvalue weighted by Gasteiger charge is -2.28. The van der Waals surface area contributed by atoms with Crippen LogP contribution in [0.2, 0.25) is 0 Å². The number of ether oxygens (including phenoxy) is 1. The van der Waals surface area contributed by atoms with Gasteiger partial charge in [0.2, 0.25) is 10.0 Å². The van der Waals surface area contributed by atoms with Crippen LogP contribution in [0, 0.1) is 0 Å². The molecule has 25 heavy (non-hydrogen) atoms. The Morgan fingerprint density at radius 2 is 1.92 bits per heavy atom. The molecule has 1 saturated heterocycles. The Labute approximate surface area is 150 Å². The molecule has 0 bridgehead atoms. The van der Waals surface area contributed by atoms with Crippen molar-refractivity contribution in [1.82, 2.24) is 14.5 Å². The van der Waals surface area contributed by atoms with Gasteiger partial charge in [0.25, 0.3) is 5.91 Å². The fraction of sp³-hybridized carbons (Fsp3) is 0.588. The van der Waals surface area contributed by atoms with Gasteiger partial charge in [0, 0.05) is 39.3 Å². The standard InChI is InChI=1S/C17H27N3O4S/c1-3-10-19(17(21)15-6-4-5-7-16(15)24-2)13-14-25(22,23)20-11-8-18-9-12-20/h4-7,18H,3,8-14H2,1-2H3. The molecule has 7 nitrogen and oxygen atoms in total. The molecule has 0 aromatic heterocycles. The summed E-state index contributed by atoms with van der Waals surface area (Å²) >= 11 is 0. The van der Waals surface area contributed by atoms with Crippen molar-refractivity contribution >= 4 is 15.9 Å². The van der Waals surface area contributed by atoms with Crippen molar-refractivity contribution in [2.75, 3.05) is 52.1 Å². The maximum atomic E-state index is 12.8. The van der Waals surface area contributed by atoms with Crippen LogP contribution in [-0.4, -0.2) is 75.7 Å². The first-order chi connectivity index (χ1) is 12.0. The molecule has 0 aliphatic carbocycles. The summed E-state index contributed by atoms with van der Waals surface area (Å²) in [7, 11) is -1.84. The highest BCUT2D eigenvalue weighted by Crippen LogP contribution is 2.19. The fourth-order valence-corrected chi connectivity index (χ4v) is 4.30. The highest BCUT2D eigenvalue weighted by Gasteiger charge is 2.26. The average Bonchev–Trinajstić information content (AvgIpc) is 2.65. The van der Waals surface area contributed by atoms with Crippen molar-refractivity contribution in [2.24, 2.45) is 0 Å². The number of amides is 1. The summed E-state index contributed by atoms with van der Waals surface area (Å²) in [6.07, 6.45) is 0.759. The molecule has 8 heteroatoms. The maximum absolute atomic E-state index is 12.8. The zero-order valence-electron chi connectivity index (χ0n) is 14.9. The van der Waals surface area contributed by atoms with E-state index in [0.717, 1.165) is 6.42 Å². The normalized spacial score (nSPS) is 15.8. The van der Waals surface area contributed by atoms with E-state index in [4.69, 9.17) is 4.74 Å². The van der Waals surface area contributed by atoms with Crippen LogP contribution >= 0.6 is 0 Å². The molecule has 1 aliphatic rings. The van der Waals surface area contributed by atoms with Crippen LogP contribution in [0.5, 0.6) is 5.75 Å². The van der Waals surface area contributed by atoms with E-state index in [1.165, 1.54) is 11.4 Å². The van der Waals surface area contributed by atoms with Crippen molar-refractivity contribution in [1.29, 1.82) is 0 Å². The van der Waals surface area contributed by atoms with Crippen LogP contribution in [-0.2, 0) is 10.0 Å². The first-order valence-corrected chi connectivity index (χ1v) is 10.2. The first-order valence-electron chi connectivity index (χ1n) is 8.60. The molecule has 1 fully saturated rings. The van der Waals surface area contributed by atoms with Gasteiger partial charge in [0.1, 0.15) is 5.75 Å². The Hall–Kier alpha value is -1.64. The SMILES string of the molecule is CCCN(CCS(=O)(=O)N1CCNCC1)C(=O)c1ccccc1OC. The minimum atomic E-state index is -3.36. The summed E-state index contributed by atoms with van der Waals surface area (Å²) in [5.74, 6) is 0.238. The van der Waals surface area contributed by atoms with Gasteiger partial charge in [0.15, 0.2) is 0 Å². The second kappa shape index (κ2) is 9.17. The molecule has 1 N–H and O–H groups in total. The predicted octanol–water partition coefficient (Wildman–Crippen LogP) is 0.782. The summed E-state index contributed by atoms with van der Waals surface area (Å²) in [6, 6.07) is 7.01. The second-order valence-corrected chi connectivity index (χ2v) is 8.05. The number of hydrogen-bond donors (Lipinski definition) is 1. The number of carbonyl (C=O) groups excluding carboxylic acids is 1. The van der Waals surface area contributed by atoms with Crippen molar-refractivity contribution < 1.29 is 17.9 Å². The van der Waals surface area contributed by atoms with E-state index in [2.05, 4.69) is 5.32 Å². The monoisotopic (exact) mass is 369 g/mol. The molecule has 0 saturated carbocycles. The van der Waals surface area contributed by atoms with Gasteiger partial charge >= 0.3 is 0 Å². The lowest BCUT2D eigenvalue weighted by atomic mass is 10.1. The number of methoxy groups -OCH3 is 1. The molecule has 1 aromatic rings. The zero-order chi connectivity index (χ0) is 18.3. The van der Waals surface area contributed by atoms with Gasteiger partial charge in [-0.15, -0.1) is 0 Å². The minimum absolute atomic E-state index is 0.0616. The number of para-hydroxylation sites is 1. The average molecular weight is 369 g/mol. The van der Waals surface area contributed by atoms with E-state index in [1.54, 1.807) is 29.2 Å². The van der Waals surface area contributed by atoms with Crippen LogP contribution in [0.15, 0.2) is 24.3 Å². The van der Waals surface area contributed by atoms with E-state index in [9.17, 15) is 13.2 Å². The van der Waals surface area contributed by atoms with E-state index in [0.29, 0.717) is 44.0 Å². The third kappa shape index (κ3) is 5.17. The van der Waals surface area contributed by atoms with Crippen LogP contribution in [0.25, 0.3) is 0 Å². The van der Waals surface area contributed by atoms with Gasteiger partial charge in [0.05, 0.1) is 18.4 Å². The van der Waals surface area contributed by atoms with E-state index >= 15 is 0 Å². The summed E-state index contributed by atoms with van der Waals surface area (Å²) in [6.45, 7) is 4.95. The van der Waals surface area contributed by atoms with Crippen LogP contribution in [0.3, 0.4) is 0 Å². The minimum Gasteiger partial charge on any atom is -0.496 e. The Balaban J connectivity index is 2.08. The highest BCUT2D eigenvalue weighted by atomic mass is 32.2. The molecule has 1 aromatic carbocycles. The molecular weight excluding hydrogens is 342 g/mol. The number of sulfonamides is 1. The number of piperazine rings is 1. The first kappa shape index (κ1) is 19.7. The fourth-order valence-electron chi connectivity index (χ4n) is 2.85. The largest absolute Gasteiger partial charge is 0.496 e. The van der Waals surface area contributed by atoms with Gasteiger partial charge in [-0.25, -0.2) is 8.42 Å². The maximum Gasteiger partial charge on any atom is 0.257 e. The van der Waals surface area contributed by atoms with Crippen molar-refractivity contribution in [3.8, 4) is 5.75 Å². The Bertz CT molecular complexity index is 672. The molecule has 140 valence electrons. The Morgan fingerprint density at radius 1 is 1.24 bits per heavy atom. The zero-order valence-corrected chi connectivity index (χ0v) is 15.7. The molecule has 1 amide bonds. The number of rotatable bonds is 8. The second-order valence-electron chi connectivity index (χ2n) is 5.96. The van der Waals surface area contributed by atoms with E-state index < -0.39 is 10.0 Å². The Kier molecular flexibility index (Phi) is 7.22. The number of nitrogens with one attached hydrogen (secondary N) is 1. The Morgan fingerprint density at radius 3 is 2.56 bits per heavy atom. The summed E-state index contributed by atoms with van der Waals surface area (Å²) in [5.41, 5.74) is 0.457. The lowest BCUT2D eigenvalue weighted by Crippen LogP contribution is -2.48. The van der Waals surface area contributed by atoms with Gasteiger partial charge in [-0.05, 0) is 18.6 Å². The molecule has 0 radical (unpaired) electrons. The summed E-state index contributed by atoms with van der Waals surface area (Å²) in [4.78, 5) is 14.4. The molecule has 2 rings (SSSR count). The third-order valence-corrected chi connectivity index (χ3v) is 6.06. The summed E-state index contributed by atoms with van der Waals surface area (Å²) < 4.78 is 31.8. The van der Waals surface area contributed by atoms with Crippen molar-refractivity contribution in [2.45, 2.75) is 13.3 Å². The molecule has 0 unspecified atom stereocenters.